The average molecular weight is 416 g/mol. The van der Waals surface area contributed by atoms with Crippen LogP contribution in [0.5, 0.6) is 0 Å². The zero-order chi connectivity index (χ0) is 16.8. The van der Waals surface area contributed by atoms with Gasteiger partial charge in [0.25, 0.3) is 5.91 Å². The molecule has 1 aromatic heterocycles. The normalized spacial score (nSPS) is 10.4. The molecule has 0 saturated carbocycles. The molecule has 2 rings (SSSR count). The Morgan fingerprint density at radius 3 is 2.70 bits per heavy atom. The van der Waals surface area contributed by atoms with Crippen molar-refractivity contribution in [1.82, 2.24) is 10.2 Å². The molecular formula is C16H16BrClN2O2S. The number of benzene rings is 1. The van der Waals surface area contributed by atoms with Crippen LogP contribution in [0.2, 0.25) is 4.34 Å². The Morgan fingerprint density at radius 1 is 1.30 bits per heavy atom. The first-order valence-corrected chi connectivity index (χ1v) is 9.04. The van der Waals surface area contributed by atoms with E-state index in [0.29, 0.717) is 23.0 Å². The SMILES string of the molecule is CCN(Cc1ccc(Cl)s1)C(=O)CNC(=O)c1cccc(Br)c1. The molecule has 1 heterocycles. The van der Waals surface area contributed by atoms with Gasteiger partial charge in [0, 0.05) is 21.5 Å². The molecule has 0 spiro atoms. The molecule has 1 aromatic carbocycles. The van der Waals surface area contributed by atoms with Gasteiger partial charge in [0.1, 0.15) is 0 Å². The van der Waals surface area contributed by atoms with Gasteiger partial charge in [-0.25, -0.2) is 0 Å². The van der Waals surface area contributed by atoms with Crippen LogP contribution >= 0.6 is 38.9 Å². The van der Waals surface area contributed by atoms with E-state index in [1.54, 1.807) is 23.1 Å². The van der Waals surface area contributed by atoms with Crippen LogP contribution in [0.25, 0.3) is 0 Å². The molecule has 4 nitrogen and oxygen atoms in total. The molecule has 0 saturated heterocycles. The standard InChI is InChI=1S/C16H16BrClN2O2S/c1-2-20(10-13-6-7-14(18)23-13)15(21)9-19-16(22)11-4-3-5-12(17)8-11/h3-8H,2,9-10H2,1H3,(H,19,22). The van der Waals surface area contributed by atoms with Crippen LogP contribution in [0.15, 0.2) is 40.9 Å². The van der Waals surface area contributed by atoms with E-state index in [4.69, 9.17) is 11.6 Å². The van der Waals surface area contributed by atoms with E-state index in [2.05, 4.69) is 21.2 Å². The summed E-state index contributed by atoms with van der Waals surface area (Å²) in [6.45, 7) is 2.95. The number of thiophene rings is 1. The number of carbonyl (C=O) groups excluding carboxylic acids is 2. The summed E-state index contributed by atoms with van der Waals surface area (Å²) in [5.41, 5.74) is 0.514. The lowest BCUT2D eigenvalue weighted by Gasteiger charge is -2.20. The molecule has 23 heavy (non-hydrogen) atoms. The van der Waals surface area contributed by atoms with E-state index in [9.17, 15) is 9.59 Å². The predicted molar refractivity (Wildman–Crippen MR) is 96.9 cm³/mol. The Hall–Kier alpha value is -1.37. The summed E-state index contributed by atoms with van der Waals surface area (Å²) < 4.78 is 1.52. The fourth-order valence-electron chi connectivity index (χ4n) is 2.00. The van der Waals surface area contributed by atoms with Gasteiger partial charge in [-0.05, 0) is 37.3 Å². The fourth-order valence-corrected chi connectivity index (χ4v) is 3.50. The highest BCUT2D eigenvalue weighted by Crippen LogP contribution is 2.22. The number of halogens is 2. The third kappa shape index (κ3) is 5.34. The van der Waals surface area contributed by atoms with Gasteiger partial charge in [0.15, 0.2) is 0 Å². The van der Waals surface area contributed by atoms with Crippen LogP contribution in [0, 0.1) is 0 Å². The molecule has 0 unspecified atom stereocenters. The number of hydrogen-bond donors (Lipinski definition) is 1. The second-order valence-corrected chi connectivity index (χ2v) is 7.52. The zero-order valence-electron chi connectivity index (χ0n) is 12.5. The molecule has 2 aromatic rings. The zero-order valence-corrected chi connectivity index (χ0v) is 15.7. The van der Waals surface area contributed by atoms with Gasteiger partial charge in [0.05, 0.1) is 17.4 Å². The second-order valence-electron chi connectivity index (χ2n) is 4.81. The van der Waals surface area contributed by atoms with Crippen molar-refractivity contribution < 1.29 is 9.59 Å². The van der Waals surface area contributed by atoms with Crippen molar-refractivity contribution in [1.29, 1.82) is 0 Å². The molecule has 1 N–H and O–H groups in total. The van der Waals surface area contributed by atoms with Crippen molar-refractivity contribution >= 4 is 50.7 Å². The summed E-state index contributed by atoms with van der Waals surface area (Å²) >= 11 is 10.7. The average Bonchev–Trinajstić information content (AvgIpc) is 2.95. The van der Waals surface area contributed by atoms with Crippen molar-refractivity contribution in [3.63, 3.8) is 0 Å². The van der Waals surface area contributed by atoms with Gasteiger partial charge in [-0.3, -0.25) is 9.59 Å². The second kappa shape index (κ2) is 8.47. The third-order valence-corrected chi connectivity index (χ3v) is 4.91. The maximum atomic E-state index is 12.3. The minimum absolute atomic E-state index is 0.0295. The van der Waals surface area contributed by atoms with Crippen LogP contribution < -0.4 is 5.32 Å². The van der Waals surface area contributed by atoms with Crippen LogP contribution in [0.4, 0.5) is 0 Å². The van der Waals surface area contributed by atoms with Gasteiger partial charge < -0.3 is 10.2 Å². The minimum atomic E-state index is -0.269. The number of hydrogen-bond acceptors (Lipinski definition) is 3. The summed E-state index contributed by atoms with van der Waals surface area (Å²) in [6, 6.07) is 10.8. The van der Waals surface area contributed by atoms with Gasteiger partial charge in [-0.15, -0.1) is 11.3 Å². The smallest absolute Gasteiger partial charge is 0.251 e. The topological polar surface area (TPSA) is 49.4 Å². The lowest BCUT2D eigenvalue weighted by molar-refractivity contribution is -0.130. The molecule has 0 aliphatic heterocycles. The fraction of sp³-hybridized carbons (Fsp3) is 0.250. The molecule has 0 fully saturated rings. The van der Waals surface area contributed by atoms with Gasteiger partial charge in [-0.2, -0.15) is 0 Å². The molecule has 2 amide bonds. The van der Waals surface area contributed by atoms with Crippen molar-refractivity contribution in [2.45, 2.75) is 13.5 Å². The van der Waals surface area contributed by atoms with E-state index in [1.807, 2.05) is 25.1 Å². The molecule has 0 aliphatic rings. The van der Waals surface area contributed by atoms with Crippen LogP contribution in [-0.2, 0) is 11.3 Å². The monoisotopic (exact) mass is 414 g/mol. The van der Waals surface area contributed by atoms with Crippen LogP contribution in [0.1, 0.15) is 22.2 Å². The first-order valence-electron chi connectivity index (χ1n) is 7.05. The minimum Gasteiger partial charge on any atom is -0.343 e. The maximum Gasteiger partial charge on any atom is 0.251 e. The molecule has 0 bridgehead atoms. The van der Waals surface area contributed by atoms with Crippen LogP contribution in [0.3, 0.4) is 0 Å². The summed E-state index contributed by atoms with van der Waals surface area (Å²) in [5, 5.41) is 2.66. The molecule has 0 radical (unpaired) electrons. The van der Waals surface area contributed by atoms with Crippen LogP contribution in [-0.4, -0.2) is 29.8 Å². The third-order valence-electron chi connectivity index (χ3n) is 3.20. The van der Waals surface area contributed by atoms with E-state index in [1.165, 1.54) is 11.3 Å². The number of likely N-dealkylation sites (N-methyl/N-ethyl adjacent to an activating group) is 1. The number of nitrogens with zero attached hydrogens (tertiary/aromatic N) is 1. The van der Waals surface area contributed by atoms with E-state index in [-0.39, 0.29) is 18.4 Å². The Labute approximate surface area is 152 Å². The molecule has 0 aliphatic carbocycles. The lowest BCUT2D eigenvalue weighted by Crippen LogP contribution is -2.39. The number of carbonyl (C=O) groups is 2. The summed E-state index contributed by atoms with van der Waals surface area (Å²) in [4.78, 5) is 27.0. The highest BCUT2D eigenvalue weighted by atomic mass is 79.9. The maximum absolute atomic E-state index is 12.3. The molecular weight excluding hydrogens is 400 g/mol. The van der Waals surface area contributed by atoms with Crippen molar-refractivity contribution in [2.75, 3.05) is 13.1 Å². The highest BCUT2D eigenvalue weighted by molar-refractivity contribution is 9.10. The first-order chi connectivity index (χ1) is 11.0. The summed E-state index contributed by atoms with van der Waals surface area (Å²) in [6.07, 6.45) is 0. The number of amides is 2. The summed E-state index contributed by atoms with van der Waals surface area (Å²) in [5.74, 6) is -0.393. The van der Waals surface area contributed by atoms with Gasteiger partial charge in [-0.1, -0.05) is 33.6 Å². The van der Waals surface area contributed by atoms with Gasteiger partial charge >= 0.3 is 0 Å². The molecule has 122 valence electrons. The molecule has 7 heteroatoms. The Bertz CT molecular complexity index is 705. The Kier molecular flexibility index (Phi) is 6.62. The van der Waals surface area contributed by atoms with Crippen molar-refractivity contribution in [3.05, 3.63) is 55.6 Å². The van der Waals surface area contributed by atoms with Crippen molar-refractivity contribution in [2.24, 2.45) is 0 Å². The molecule has 0 atom stereocenters. The summed E-state index contributed by atoms with van der Waals surface area (Å²) in [7, 11) is 0. The first kappa shape index (κ1) is 18.0. The highest BCUT2D eigenvalue weighted by Gasteiger charge is 2.15. The van der Waals surface area contributed by atoms with Gasteiger partial charge in [0.2, 0.25) is 5.91 Å². The largest absolute Gasteiger partial charge is 0.343 e. The van der Waals surface area contributed by atoms with Crippen molar-refractivity contribution in [3.8, 4) is 0 Å². The number of nitrogens with one attached hydrogen (secondary N) is 1. The quantitative estimate of drug-likeness (QED) is 0.777. The Morgan fingerprint density at radius 2 is 2.09 bits per heavy atom. The van der Waals surface area contributed by atoms with E-state index in [0.717, 1.165) is 9.35 Å². The predicted octanol–water partition coefficient (Wildman–Crippen LogP) is 3.94. The van der Waals surface area contributed by atoms with E-state index >= 15 is 0 Å². The lowest BCUT2D eigenvalue weighted by atomic mass is 10.2. The van der Waals surface area contributed by atoms with E-state index < -0.39 is 0 Å². The Balaban J connectivity index is 1.90. The number of rotatable bonds is 6.